The number of nitrogens with zero attached hydrogens (tertiary/aromatic N) is 1. The Morgan fingerprint density at radius 3 is 2.59 bits per heavy atom. The van der Waals surface area contributed by atoms with Crippen LogP contribution in [-0.2, 0) is 0 Å². The molecule has 0 aliphatic rings. The number of ketones is 1. The van der Waals surface area contributed by atoms with Crippen molar-refractivity contribution in [1.29, 1.82) is 0 Å². The molecule has 1 aromatic carbocycles. The van der Waals surface area contributed by atoms with E-state index in [0.717, 1.165) is 31.2 Å². The quantitative estimate of drug-likeness (QED) is 0.770. The van der Waals surface area contributed by atoms with E-state index < -0.39 is 0 Å². The van der Waals surface area contributed by atoms with Crippen LogP contribution in [0.4, 0.5) is 0 Å². The third-order valence-electron chi connectivity index (χ3n) is 2.54. The average molecular weight is 310 g/mol. The van der Waals surface area contributed by atoms with Crippen LogP contribution in [0.3, 0.4) is 0 Å². The Hall–Kier alpha value is -1.00. The Morgan fingerprint density at radius 2 is 2.06 bits per heavy atom. The number of hydrogen-bond donors (Lipinski definition) is 0. The minimum atomic E-state index is 0.0843. The van der Waals surface area contributed by atoms with Crippen LogP contribution in [0.15, 0.2) is 22.7 Å². The molecule has 1 aromatic heterocycles. The van der Waals surface area contributed by atoms with Gasteiger partial charge in [-0.3, -0.25) is 4.79 Å². The molecule has 88 valence electrons. The molecule has 2 aromatic rings. The van der Waals surface area contributed by atoms with Crippen LogP contribution in [0, 0.1) is 13.8 Å². The highest BCUT2D eigenvalue weighted by Gasteiger charge is 2.13. The van der Waals surface area contributed by atoms with Crippen molar-refractivity contribution >= 4 is 33.0 Å². The topological polar surface area (TPSA) is 30.0 Å². The number of hydrogen-bond acceptors (Lipinski definition) is 3. The molecule has 2 nitrogen and oxygen atoms in total. The summed E-state index contributed by atoms with van der Waals surface area (Å²) < 4.78 is 1.05. The van der Waals surface area contributed by atoms with Crippen LogP contribution in [0.5, 0.6) is 0 Å². The number of benzene rings is 1. The Balaban J connectivity index is 2.53. The molecular formula is C13H12BrNOS. The van der Waals surface area contributed by atoms with E-state index in [2.05, 4.69) is 27.0 Å². The first-order chi connectivity index (χ1) is 7.99. The maximum absolute atomic E-state index is 11.4. The van der Waals surface area contributed by atoms with E-state index in [1.165, 1.54) is 11.3 Å². The number of carbonyl (C=O) groups excluding carboxylic acids is 1. The van der Waals surface area contributed by atoms with E-state index in [-0.39, 0.29) is 5.78 Å². The normalized spacial score (nSPS) is 10.6. The molecule has 0 aliphatic carbocycles. The maximum atomic E-state index is 11.4. The summed E-state index contributed by atoms with van der Waals surface area (Å²) >= 11 is 4.91. The van der Waals surface area contributed by atoms with Gasteiger partial charge in [-0.25, -0.2) is 4.98 Å². The molecule has 0 atom stereocenters. The summed E-state index contributed by atoms with van der Waals surface area (Å²) in [4.78, 5) is 16.6. The van der Waals surface area contributed by atoms with Gasteiger partial charge in [0.05, 0.1) is 10.6 Å². The van der Waals surface area contributed by atoms with E-state index in [1.807, 2.05) is 26.0 Å². The summed E-state index contributed by atoms with van der Waals surface area (Å²) in [5.41, 5.74) is 3.07. The van der Waals surface area contributed by atoms with E-state index in [0.29, 0.717) is 0 Å². The first-order valence-electron chi connectivity index (χ1n) is 5.24. The molecule has 1 heterocycles. The Bertz CT molecular complexity index is 589. The van der Waals surface area contributed by atoms with Crippen molar-refractivity contribution in [3.05, 3.63) is 38.8 Å². The first kappa shape index (κ1) is 12.5. The number of aryl methyl sites for hydroxylation is 2. The van der Waals surface area contributed by atoms with Crippen molar-refractivity contribution in [1.82, 2.24) is 4.98 Å². The van der Waals surface area contributed by atoms with Crippen LogP contribution in [0.2, 0.25) is 0 Å². The van der Waals surface area contributed by atoms with E-state index in [4.69, 9.17) is 0 Å². The third kappa shape index (κ3) is 2.48. The fourth-order valence-corrected chi connectivity index (χ4v) is 3.23. The molecule has 4 heteroatoms. The fourth-order valence-electron chi connectivity index (χ4n) is 1.71. The second-order valence-corrected chi connectivity index (χ2v) is 5.86. The lowest BCUT2D eigenvalue weighted by atomic mass is 10.1. The van der Waals surface area contributed by atoms with Gasteiger partial charge in [-0.05, 0) is 31.5 Å². The zero-order valence-corrected chi connectivity index (χ0v) is 12.3. The van der Waals surface area contributed by atoms with Gasteiger partial charge < -0.3 is 0 Å². The summed E-state index contributed by atoms with van der Waals surface area (Å²) in [6, 6.07) is 6.08. The number of rotatable bonds is 2. The molecule has 2 rings (SSSR count). The second-order valence-electron chi connectivity index (χ2n) is 3.95. The highest BCUT2D eigenvalue weighted by Crippen LogP contribution is 2.31. The zero-order chi connectivity index (χ0) is 12.6. The summed E-state index contributed by atoms with van der Waals surface area (Å²) in [6.45, 7) is 5.51. The monoisotopic (exact) mass is 309 g/mol. The lowest BCUT2D eigenvalue weighted by Gasteiger charge is -2.02. The zero-order valence-electron chi connectivity index (χ0n) is 9.87. The van der Waals surface area contributed by atoms with Gasteiger partial charge in [0, 0.05) is 17.0 Å². The lowest BCUT2D eigenvalue weighted by Crippen LogP contribution is -1.89. The highest BCUT2D eigenvalue weighted by molar-refractivity contribution is 9.10. The van der Waals surface area contributed by atoms with Crippen molar-refractivity contribution in [3.8, 4) is 10.6 Å². The van der Waals surface area contributed by atoms with Gasteiger partial charge in [-0.2, -0.15) is 0 Å². The molecule has 0 aliphatic heterocycles. The van der Waals surface area contributed by atoms with Gasteiger partial charge in [0.25, 0.3) is 0 Å². The Kier molecular flexibility index (Phi) is 3.45. The number of thiazole rings is 1. The van der Waals surface area contributed by atoms with Crippen LogP contribution in [0.1, 0.15) is 27.9 Å². The molecule has 0 fully saturated rings. The van der Waals surface area contributed by atoms with E-state index in [1.54, 1.807) is 6.92 Å². The van der Waals surface area contributed by atoms with E-state index in [9.17, 15) is 4.79 Å². The molecular weight excluding hydrogens is 298 g/mol. The SMILES string of the molecule is CC(=O)c1sc(-c2ccc(Br)cc2C)nc1C. The number of halogens is 1. The van der Waals surface area contributed by atoms with Crippen molar-refractivity contribution in [2.24, 2.45) is 0 Å². The molecule has 0 radical (unpaired) electrons. The summed E-state index contributed by atoms with van der Waals surface area (Å²) in [5, 5.41) is 0.915. The second kappa shape index (κ2) is 4.70. The summed E-state index contributed by atoms with van der Waals surface area (Å²) in [6.07, 6.45) is 0. The highest BCUT2D eigenvalue weighted by atomic mass is 79.9. The van der Waals surface area contributed by atoms with Gasteiger partial charge in [-0.1, -0.05) is 22.0 Å². The molecule has 0 amide bonds. The standard InChI is InChI=1S/C13H12BrNOS/c1-7-6-10(14)4-5-11(7)13-15-8(2)12(17-13)9(3)16/h4-6H,1-3H3. The van der Waals surface area contributed by atoms with Crippen molar-refractivity contribution in [2.75, 3.05) is 0 Å². The van der Waals surface area contributed by atoms with Crippen LogP contribution < -0.4 is 0 Å². The number of Topliss-reactive ketones (excluding diaryl/α,β-unsaturated/α-hetero) is 1. The molecule has 17 heavy (non-hydrogen) atoms. The predicted molar refractivity (Wildman–Crippen MR) is 74.7 cm³/mol. The van der Waals surface area contributed by atoms with Gasteiger partial charge in [0.2, 0.25) is 0 Å². The Morgan fingerprint density at radius 1 is 1.35 bits per heavy atom. The number of aromatic nitrogens is 1. The Labute approximate surface area is 113 Å². The minimum absolute atomic E-state index is 0.0843. The van der Waals surface area contributed by atoms with Crippen LogP contribution in [0.25, 0.3) is 10.6 Å². The largest absolute Gasteiger partial charge is 0.294 e. The minimum Gasteiger partial charge on any atom is -0.294 e. The molecule has 0 saturated heterocycles. The molecule has 0 saturated carbocycles. The summed E-state index contributed by atoms with van der Waals surface area (Å²) in [5.74, 6) is 0.0843. The van der Waals surface area contributed by atoms with Gasteiger partial charge in [0.15, 0.2) is 5.78 Å². The smallest absolute Gasteiger partial charge is 0.171 e. The van der Waals surface area contributed by atoms with Gasteiger partial charge >= 0.3 is 0 Å². The molecule has 0 spiro atoms. The molecule has 0 unspecified atom stereocenters. The summed E-state index contributed by atoms with van der Waals surface area (Å²) in [7, 11) is 0. The van der Waals surface area contributed by atoms with Gasteiger partial charge in [-0.15, -0.1) is 11.3 Å². The van der Waals surface area contributed by atoms with Crippen molar-refractivity contribution in [3.63, 3.8) is 0 Å². The number of carbonyl (C=O) groups is 1. The van der Waals surface area contributed by atoms with Crippen LogP contribution in [-0.4, -0.2) is 10.8 Å². The third-order valence-corrected chi connectivity index (χ3v) is 4.32. The fraction of sp³-hybridized carbons (Fsp3) is 0.231. The predicted octanol–water partition coefficient (Wildman–Crippen LogP) is 4.39. The molecule has 0 bridgehead atoms. The van der Waals surface area contributed by atoms with Gasteiger partial charge in [0.1, 0.15) is 5.01 Å². The lowest BCUT2D eigenvalue weighted by molar-refractivity contribution is 0.102. The van der Waals surface area contributed by atoms with E-state index >= 15 is 0 Å². The van der Waals surface area contributed by atoms with Crippen molar-refractivity contribution < 1.29 is 4.79 Å². The van der Waals surface area contributed by atoms with Crippen LogP contribution >= 0.6 is 27.3 Å². The maximum Gasteiger partial charge on any atom is 0.171 e. The molecule has 0 N–H and O–H groups in total. The first-order valence-corrected chi connectivity index (χ1v) is 6.85. The van der Waals surface area contributed by atoms with Crippen molar-refractivity contribution in [2.45, 2.75) is 20.8 Å². The average Bonchev–Trinajstić information content (AvgIpc) is 2.60.